The molecule has 140 valence electrons. The second kappa shape index (κ2) is 8.60. The molecule has 0 radical (unpaired) electrons. The van der Waals surface area contributed by atoms with Gasteiger partial charge < -0.3 is 4.74 Å². The predicted molar refractivity (Wildman–Crippen MR) is 98.4 cm³/mol. The summed E-state index contributed by atoms with van der Waals surface area (Å²) in [4.78, 5) is 2.33. The molecule has 0 aromatic heterocycles. The third kappa shape index (κ3) is 4.80. The minimum Gasteiger partial charge on any atom is -0.379 e. The van der Waals surface area contributed by atoms with E-state index in [0.29, 0.717) is 13.1 Å². The molecule has 0 unspecified atom stereocenters. The van der Waals surface area contributed by atoms with Crippen LogP contribution in [0, 0.1) is 0 Å². The van der Waals surface area contributed by atoms with Crippen LogP contribution in [-0.2, 0) is 21.5 Å². The topological polar surface area (TPSA) is 53.1 Å². The summed E-state index contributed by atoms with van der Waals surface area (Å²) in [7, 11) is -1.77. The van der Waals surface area contributed by atoms with Crippen LogP contribution in [0.5, 0.6) is 0 Å². The van der Waals surface area contributed by atoms with Gasteiger partial charge in [0, 0.05) is 45.8 Å². The van der Waals surface area contributed by atoms with Crippen LogP contribution in [-0.4, -0.2) is 74.4 Å². The molecule has 7 heteroatoms. The predicted octanol–water partition coefficient (Wildman–Crippen LogP) is 1.55. The Morgan fingerprint density at radius 3 is 2.56 bits per heavy atom. The van der Waals surface area contributed by atoms with Crippen molar-refractivity contribution in [2.24, 2.45) is 0 Å². The molecule has 25 heavy (non-hydrogen) atoms. The van der Waals surface area contributed by atoms with Crippen LogP contribution in [0.25, 0.3) is 0 Å². The highest BCUT2D eigenvalue weighted by molar-refractivity contribution is 7.86. The largest absolute Gasteiger partial charge is 0.379 e. The van der Waals surface area contributed by atoms with E-state index in [9.17, 15) is 8.42 Å². The van der Waals surface area contributed by atoms with Gasteiger partial charge in [-0.2, -0.15) is 17.0 Å². The van der Waals surface area contributed by atoms with Crippen molar-refractivity contribution in [1.29, 1.82) is 0 Å². The molecule has 2 aliphatic heterocycles. The van der Waals surface area contributed by atoms with Crippen molar-refractivity contribution < 1.29 is 13.2 Å². The van der Waals surface area contributed by atoms with Crippen molar-refractivity contribution in [3.63, 3.8) is 0 Å². The molecule has 0 bridgehead atoms. The fourth-order valence-corrected chi connectivity index (χ4v) is 5.22. The molecular weight excluding hydrogens is 338 g/mol. The van der Waals surface area contributed by atoms with Crippen LogP contribution < -0.4 is 0 Å². The summed E-state index contributed by atoms with van der Waals surface area (Å²) >= 11 is 0. The van der Waals surface area contributed by atoms with E-state index < -0.39 is 10.2 Å². The van der Waals surface area contributed by atoms with Crippen molar-refractivity contribution in [2.45, 2.75) is 31.8 Å². The summed E-state index contributed by atoms with van der Waals surface area (Å²) in [6, 6.07) is 9.83. The van der Waals surface area contributed by atoms with Gasteiger partial charge in [0.25, 0.3) is 10.2 Å². The summed E-state index contributed by atoms with van der Waals surface area (Å²) in [6.45, 7) is 5.11. The number of ether oxygens (including phenoxy) is 1. The van der Waals surface area contributed by atoms with Crippen LogP contribution in [0.15, 0.2) is 30.3 Å². The van der Waals surface area contributed by atoms with E-state index in [0.717, 1.165) is 57.7 Å². The lowest BCUT2D eigenvalue weighted by Crippen LogP contribution is -2.54. The second-order valence-corrected chi connectivity index (χ2v) is 8.91. The number of hydrogen-bond acceptors (Lipinski definition) is 4. The first-order valence-electron chi connectivity index (χ1n) is 9.14. The van der Waals surface area contributed by atoms with Gasteiger partial charge in [0.2, 0.25) is 0 Å². The van der Waals surface area contributed by atoms with Crippen LogP contribution >= 0.6 is 0 Å². The monoisotopic (exact) mass is 367 g/mol. The van der Waals surface area contributed by atoms with Crippen LogP contribution in [0.4, 0.5) is 0 Å². The Balaban J connectivity index is 1.68. The van der Waals surface area contributed by atoms with Gasteiger partial charge >= 0.3 is 0 Å². The van der Waals surface area contributed by atoms with E-state index >= 15 is 0 Å². The first-order valence-corrected chi connectivity index (χ1v) is 10.5. The van der Waals surface area contributed by atoms with Gasteiger partial charge in [-0.25, -0.2) is 0 Å². The Morgan fingerprint density at radius 1 is 1.12 bits per heavy atom. The Kier molecular flexibility index (Phi) is 6.46. The van der Waals surface area contributed by atoms with E-state index in [4.69, 9.17) is 4.74 Å². The molecule has 0 N–H and O–H groups in total. The standard InChI is InChI=1S/C18H29N3O3S/c1-19(15-17-7-3-2-4-8-17)25(22,23)21-10-6-5-9-18(21)16-20-11-13-24-14-12-20/h2-4,7-8,18H,5-6,9-16H2,1H3/t18-/m1/s1. The first kappa shape index (κ1) is 18.8. The van der Waals surface area contributed by atoms with E-state index in [1.807, 2.05) is 30.3 Å². The second-order valence-electron chi connectivity index (χ2n) is 6.92. The van der Waals surface area contributed by atoms with E-state index in [1.54, 1.807) is 11.4 Å². The summed E-state index contributed by atoms with van der Waals surface area (Å²) in [5.41, 5.74) is 1.01. The molecule has 1 aromatic carbocycles. The highest BCUT2D eigenvalue weighted by atomic mass is 32.2. The van der Waals surface area contributed by atoms with Crippen molar-refractivity contribution in [1.82, 2.24) is 13.5 Å². The number of benzene rings is 1. The summed E-state index contributed by atoms with van der Waals surface area (Å²) in [6.07, 6.45) is 2.98. The Bertz CT molecular complexity index is 632. The number of hydrogen-bond donors (Lipinski definition) is 0. The first-order chi connectivity index (χ1) is 12.1. The van der Waals surface area contributed by atoms with Gasteiger partial charge in [0.05, 0.1) is 13.2 Å². The number of piperidine rings is 1. The molecule has 0 aliphatic carbocycles. The Labute approximate surface area is 151 Å². The average molecular weight is 368 g/mol. The maximum absolute atomic E-state index is 13.2. The fraction of sp³-hybridized carbons (Fsp3) is 0.667. The van der Waals surface area contributed by atoms with Crippen molar-refractivity contribution in [3.8, 4) is 0 Å². The summed E-state index contributed by atoms with van der Waals surface area (Å²) in [5.74, 6) is 0. The van der Waals surface area contributed by atoms with Crippen LogP contribution in [0.3, 0.4) is 0 Å². The molecule has 6 nitrogen and oxygen atoms in total. The number of nitrogens with zero attached hydrogens (tertiary/aromatic N) is 3. The van der Waals surface area contributed by atoms with Gasteiger partial charge in [-0.15, -0.1) is 0 Å². The van der Waals surface area contributed by atoms with Gasteiger partial charge in [0.15, 0.2) is 0 Å². The lowest BCUT2D eigenvalue weighted by Gasteiger charge is -2.40. The van der Waals surface area contributed by atoms with Crippen molar-refractivity contribution in [2.75, 3.05) is 46.4 Å². The molecular formula is C18H29N3O3S. The quantitative estimate of drug-likeness (QED) is 0.766. The van der Waals surface area contributed by atoms with Crippen LogP contribution in [0.2, 0.25) is 0 Å². The number of rotatable bonds is 6. The zero-order chi connectivity index (χ0) is 17.7. The van der Waals surface area contributed by atoms with E-state index in [2.05, 4.69) is 4.90 Å². The average Bonchev–Trinajstić information content (AvgIpc) is 2.64. The molecule has 2 fully saturated rings. The molecule has 0 saturated carbocycles. The zero-order valence-electron chi connectivity index (χ0n) is 15.0. The maximum Gasteiger partial charge on any atom is 0.282 e. The molecule has 2 aliphatic rings. The molecule has 0 spiro atoms. The summed E-state index contributed by atoms with van der Waals surface area (Å²) < 4.78 is 34.9. The fourth-order valence-electron chi connectivity index (χ4n) is 3.64. The van der Waals surface area contributed by atoms with Gasteiger partial charge in [-0.1, -0.05) is 36.8 Å². The SMILES string of the molecule is CN(Cc1ccccc1)S(=O)(=O)N1CCCC[C@@H]1CN1CCOCC1. The van der Waals surface area contributed by atoms with E-state index in [-0.39, 0.29) is 6.04 Å². The number of morpholine rings is 1. The van der Waals surface area contributed by atoms with Gasteiger partial charge in [-0.05, 0) is 18.4 Å². The van der Waals surface area contributed by atoms with Crippen molar-refractivity contribution >= 4 is 10.2 Å². The van der Waals surface area contributed by atoms with Gasteiger partial charge in [0.1, 0.15) is 0 Å². The lowest BCUT2D eigenvalue weighted by atomic mass is 10.0. The third-order valence-corrected chi connectivity index (χ3v) is 7.07. The minimum atomic E-state index is -3.45. The Hall–Kier alpha value is -0.990. The summed E-state index contributed by atoms with van der Waals surface area (Å²) in [5, 5.41) is 0. The Morgan fingerprint density at radius 2 is 1.84 bits per heavy atom. The molecule has 1 atom stereocenters. The van der Waals surface area contributed by atoms with E-state index in [1.165, 1.54) is 4.31 Å². The highest BCUT2D eigenvalue weighted by Gasteiger charge is 2.36. The highest BCUT2D eigenvalue weighted by Crippen LogP contribution is 2.24. The minimum absolute atomic E-state index is 0.0649. The van der Waals surface area contributed by atoms with Gasteiger partial charge in [-0.3, -0.25) is 4.90 Å². The lowest BCUT2D eigenvalue weighted by molar-refractivity contribution is 0.0258. The molecule has 1 aromatic rings. The van der Waals surface area contributed by atoms with Crippen molar-refractivity contribution in [3.05, 3.63) is 35.9 Å². The molecule has 3 rings (SSSR count). The molecule has 2 heterocycles. The molecule has 2 saturated heterocycles. The molecule has 0 amide bonds. The third-order valence-electron chi connectivity index (χ3n) is 5.08. The smallest absolute Gasteiger partial charge is 0.282 e. The maximum atomic E-state index is 13.2. The van der Waals surface area contributed by atoms with Crippen LogP contribution in [0.1, 0.15) is 24.8 Å². The normalized spacial score (nSPS) is 23.8. The zero-order valence-corrected chi connectivity index (χ0v) is 15.8.